The third-order valence-corrected chi connectivity index (χ3v) is 3.04. The zero-order valence-electron chi connectivity index (χ0n) is 10.8. The number of anilines is 1. The summed E-state index contributed by atoms with van der Waals surface area (Å²) < 4.78 is 26.3. The van der Waals surface area contributed by atoms with E-state index >= 15 is 0 Å². The number of urea groups is 1. The predicted molar refractivity (Wildman–Crippen MR) is 71.6 cm³/mol. The third-order valence-electron chi connectivity index (χ3n) is 3.04. The van der Waals surface area contributed by atoms with Crippen molar-refractivity contribution in [3.8, 4) is 0 Å². The van der Waals surface area contributed by atoms with Gasteiger partial charge in [0.2, 0.25) is 0 Å². The average Bonchev–Trinajstić information content (AvgIpc) is 3.17. The van der Waals surface area contributed by atoms with E-state index in [-0.39, 0.29) is 24.0 Å². The van der Waals surface area contributed by atoms with E-state index in [9.17, 15) is 13.6 Å². The van der Waals surface area contributed by atoms with E-state index in [4.69, 9.17) is 11.1 Å². The fraction of sp³-hybridized carbons (Fsp3) is 0.385. The van der Waals surface area contributed by atoms with Crippen molar-refractivity contribution < 1.29 is 13.6 Å². The number of halogens is 2. The SMILES string of the molecule is N=C(N)CCN(C(=O)Nc1ccc(F)cc1F)C1CC1. The first-order valence-corrected chi connectivity index (χ1v) is 6.33. The molecule has 0 radical (unpaired) electrons. The molecule has 4 N–H and O–H groups in total. The van der Waals surface area contributed by atoms with Gasteiger partial charge in [-0.2, -0.15) is 0 Å². The van der Waals surface area contributed by atoms with E-state index in [0.717, 1.165) is 18.9 Å². The van der Waals surface area contributed by atoms with Gasteiger partial charge in [0, 0.05) is 25.1 Å². The largest absolute Gasteiger partial charge is 0.388 e. The van der Waals surface area contributed by atoms with E-state index < -0.39 is 17.7 Å². The zero-order valence-corrected chi connectivity index (χ0v) is 10.8. The fourth-order valence-corrected chi connectivity index (χ4v) is 1.85. The molecule has 0 spiro atoms. The Kier molecular flexibility index (Phi) is 4.16. The molecule has 20 heavy (non-hydrogen) atoms. The maximum Gasteiger partial charge on any atom is 0.322 e. The lowest BCUT2D eigenvalue weighted by molar-refractivity contribution is 0.210. The van der Waals surface area contributed by atoms with Crippen LogP contribution in [-0.2, 0) is 0 Å². The Morgan fingerprint density at radius 1 is 1.45 bits per heavy atom. The van der Waals surface area contributed by atoms with Crippen LogP contribution in [-0.4, -0.2) is 29.4 Å². The molecule has 2 amide bonds. The Morgan fingerprint density at radius 2 is 2.15 bits per heavy atom. The molecule has 1 aliphatic rings. The topological polar surface area (TPSA) is 82.2 Å². The number of amidine groups is 1. The highest BCUT2D eigenvalue weighted by atomic mass is 19.1. The Bertz CT molecular complexity index is 531. The van der Waals surface area contributed by atoms with Crippen molar-refractivity contribution in [3.05, 3.63) is 29.8 Å². The number of amides is 2. The Hall–Kier alpha value is -2.18. The highest BCUT2D eigenvalue weighted by Gasteiger charge is 2.32. The second-order valence-electron chi connectivity index (χ2n) is 4.75. The Morgan fingerprint density at radius 3 is 2.70 bits per heavy atom. The van der Waals surface area contributed by atoms with E-state index in [1.165, 1.54) is 11.0 Å². The first kappa shape index (κ1) is 14.2. The monoisotopic (exact) mass is 282 g/mol. The molecule has 1 aliphatic carbocycles. The van der Waals surface area contributed by atoms with Gasteiger partial charge in [0.1, 0.15) is 11.6 Å². The van der Waals surface area contributed by atoms with Gasteiger partial charge >= 0.3 is 6.03 Å². The number of carbonyl (C=O) groups excluding carboxylic acids is 1. The van der Waals surface area contributed by atoms with Gasteiger partial charge in [-0.1, -0.05) is 0 Å². The van der Waals surface area contributed by atoms with Crippen LogP contribution in [0.25, 0.3) is 0 Å². The van der Waals surface area contributed by atoms with Crippen LogP contribution in [0.2, 0.25) is 0 Å². The van der Waals surface area contributed by atoms with Crippen molar-refractivity contribution in [2.45, 2.75) is 25.3 Å². The van der Waals surface area contributed by atoms with Crippen molar-refractivity contribution in [1.29, 1.82) is 5.41 Å². The molecule has 0 aliphatic heterocycles. The molecule has 1 aromatic rings. The molecule has 0 unspecified atom stereocenters. The molecule has 5 nitrogen and oxygen atoms in total. The minimum atomic E-state index is -0.819. The fourth-order valence-electron chi connectivity index (χ4n) is 1.85. The van der Waals surface area contributed by atoms with E-state index in [1.807, 2.05) is 0 Å². The van der Waals surface area contributed by atoms with Crippen LogP contribution in [0.1, 0.15) is 19.3 Å². The van der Waals surface area contributed by atoms with Gasteiger partial charge < -0.3 is 16.0 Å². The highest BCUT2D eigenvalue weighted by molar-refractivity contribution is 5.90. The Balaban J connectivity index is 2.02. The molecule has 1 aromatic carbocycles. The van der Waals surface area contributed by atoms with E-state index in [2.05, 4.69) is 5.32 Å². The van der Waals surface area contributed by atoms with Crippen LogP contribution in [0.3, 0.4) is 0 Å². The molecule has 0 bridgehead atoms. The number of nitrogens with zero attached hydrogens (tertiary/aromatic N) is 1. The minimum absolute atomic E-state index is 0.00332. The van der Waals surface area contributed by atoms with Crippen molar-refractivity contribution in [2.24, 2.45) is 5.73 Å². The quantitative estimate of drug-likeness (QED) is 0.572. The summed E-state index contributed by atoms with van der Waals surface area (Å²) in [6.45, 7) is 0.314. The number of hydrogen-bond acceptors (Lipinski definition) is 2. The molecule has 0 saturated heterocycles. The molecule has 7 heteroatoms. The van der Waals surface area contributed by atoms with Gasteiger partial charge in [-0.05, 0) is 25.0 Å². The first-order valence-electron chi connectivity index (χ1n) is 6.33. The molecule has 1 fully saturated rings. The highest BCUT2D eigenvalue weighted by Crippen LogP contribution is 2.28. The van der Waals surface area contributed by atoms with Crippen molar-refractivity contribution >= 4 is 17.6 Å². The number of nitrogens with one attached hydrogen (secondary N) is 2. The van der Waals surface area contributed by atoms with E-state index in [0.29, 0.717) is 12.6 Å². The number of hydrogen-bond donors (Lipinski definition) is 3. The maximum atomic E-state index is 13.5. The lowest BCUT2D eigenvalue weighted by Crippen LogP contribution is -2.39. The molecule has 0 atom stereocenters. The lowest BCUT2D eigenvalue weighted by atomic mass is 10.3. The minimum Gasteiger partial charge on any atom is -0.388 e. The summed E-state index contributed by atoms with van der Waals surface area (Å²) in [6, 6.07) is 2.62. The molecular weight excluding hydrogens is 266 g/mol. The molecule has 0 heterocycles. The van der Waals surface area contributed by atoms with Crippen LogP contribution < -0.4 is 11.1 Å². The summed E-state index contributed by atoms with van der Waals surface area (Å²) in [4.78, 5) is 13.6. The average molecular weight is 282 g/mol. The van der Waals surface area contributed by atoms with Gasteiger partial charge in [-0.3, -0.25) is 5.41 Å². The summed E-state index contributed by atoms with van der Waals surface area (Å²) in [5.41, 5.74) is 5.21. The number of carbonyl (C=O) groups is 1. The first-order chi connectivity index (χ1) is 9.47. The van der Waals surface area contributed by atoms with Gasteiger partial charge in [0.25, 0.3) is 0 Å². The van der Waals surface area contributed by atoms with Crippen LogP contribution in [0.4, 0.5) is 19.3 Å². The lowest BCUT2D eigenvalue weighted by Gasteiger charge is -2.22. The normalized spacial score (nSPS) is 13.9. The van der Waals surface area contributed by atoms with Gasteiger partial charge in [-0.25, -0.2) is 13.6 Å². The summed E-state index contributed by atoms with van der Waals surface area (Å²) in [5.74, 6) is -1.52. The second-order valence-corrected chi connectivity index (χ2v) is 4.75. The number of rotatable bonds is 5. The van der Waals surface area contributed by atoms with Crippen molar-refractivity contribution in [1.82, 2.24) is 4.90 Å². The third kappa shape index (κ3) is 3.66. The van der Waals surface area contributed by atoms with Crippen molar-refractivity contribution in [3.63, 3.8) is 0 Å². The van der Waals surface area contributed by atoms with Crippen LogP contribution in [0.15, 0.2) is 18.2 Å². The summed E-state index contributed by atoms with van der Waals surface area (Å²) in [6.07, 6.45) is 2.05. The van der Waals surface area contributed by atoms with Gasteiger partial charge in [-0.15, -0.1) is 0 Å². The molecule has 1 saturated carbocycles. The second kappa shape index (κ2) is 5.85. The van der Waals surface area contributed by atoms with E-state index in [1.54, 1.807) is 0 Å². The standard InChI is InChI=1S/C13H16F2N4O/c14-8-1-4-11(10(15)7-8)18-13(20)19(9-2-3-9)6-5-12(16)17/h1,4,7,9H,2-3,5-6H2,(H3,16,17)(H,18,20). The summed E-state index contributed by atoms with van der Waals surface area (Å²) in [5, 5.41) is 9.60. The van der Waals surface area contributed by atoms with Crippen LogP contribution >= 0.6 is 0 Å². The molecule has 2 rings (SSSR count). The van der Waals surface area contributed by atoms with Crippen molar-refractivity contribution in [2.75, 3.05) is 11.9 Å². The van der Waals surface area contributed by atoms with Gasteiger partial charge in [0.15, 0.2) is 0 Å². The molecular formula is C13H16F2N4O. The van der Waals surface area contributed by atoms with Crippen LogP contribution in [0.5, 0.6) is 0 Å². The summed E-state index contributed by atoms with van der Waals surface area (Å²) in [7, 11) is 0. The summed E-state index contributed by atoms with van der Waals surface area (Å²) >= 11 is 0. The zero-order chi connectivity index (χ0) is 14.7. The predicted octanol–water partition coefficient (Wildman–Crippen LogP) is 2.29. The smallest absolute Gasteiger partial charge is 0.322 e. The molecule has 0 aromatic heterocycles. The number of nitrogens with two attached hydrogens (primary N) is 1. The molecule has 108 valence electrons. The van der Waals surface area contributed by atoms with Crippen LogP contribution in [0, 0.1) is 17.0 Å². The maximum absolute atomic E-state index is 13.5. The number of benzene rings is 1. The van der Waals surface area contributed by atoms with Gasteiger partial charge in [0.05, 0.1) is 11.5 Å². The Labute approximate surface area is 115 Å².